The second-order valence-corrected chi connectivity index (χ2v) is 12.4. The van der Waals surface area contributed by atoms with Crippen LogP contribution in [0, 0.1) is 18.8 Å². The fraction of sp³-hybridized carbons (Fsp3) is 0.469. The molecule has 4 aromatic heterocycles. The Morgan fingerprint density at radius 3 is 2.76 bits per heavy atom. The Labute approximate surface area is 259 Å². The lowest BCUT2D eigenvalue weighted by Crippen LogP contribution is -2.49. The molecule has 6 heterocycles. The van der Waals surface area contributed by atoms with Crippen LogP contribution in [-0.2, 0) is 11.3 Å². The van der Waals surface area contributed by atoms with Crippen molar-refractivity contribution >= 4 is 34.3 Å². The van der Waals surface area contributed by atoms with Crippen molar-refractivity contribution in [1.29, 1.82) is 0 Å². The van der Waals surface area contributed by atoms with Crippen molar-refractivity contribution in [3.05, 3.63) is 41.7 Å². The molecule has 7 rings (SSSR count). The number of carbonyl (C=O) groups excluding carboxylic acids is 2. The van der Waals surface area contributed by atoms with E-state index in [1.54, 1.807) is 35.0 Å². The number of likely N-dealkylation sites (tertiary alicyclic amines) is 1. The standard InChI is InChI=1S/C32H37N7O6/c1-18-27(36-39-15-22(12-25(44-2)28(18)39)31(41)37-9-3-4-23(16-37)35-32(42)43)24-11-21-7-8-33-30(29(21)38(24)14-19-5-6-19)45-17-20-10-26(40)34-13-20/h7-8,11-12,15,19-20,23,35H,3-6,9-10,13-14,16-17H2,1-2H3,(H,34,40)(H,42,43)/t20?,23-/m1/s1. The van der Waals surface area contributed by atoms with Gasteiger partial charge in [0.2, 0.25) is 11.8 Å². The molecule has 1 unspecified atom stereocenters. The Bertz CT molecular complexity index is 1810. The highest BCUT2D eigenvalue weighted by Crippen LogP contribution is 2.40. The summed E-state index contributed by atoms with van der Waals surface area (Å²) in [5.41, 5.74) is 4.72. The number of ether oxygens (including phenoxy) is 2. The molecule has 3 amide bonds. The second-order valence-electron chi connectivity index (χ2n) is 12.4. The fourth-order valence-corrected chi connectivity index (χ4v) is 6.65. The number of carboxylic acid groups (broad SMARTS) is 1. The molecule has 236 valence electrons. The van der Waals surface area contributed by atoms with E-state index >= 15 is 0 Å². The Kier molecular flexibility index (Phi) is 7.46. The van der Waals surface area contributed by atoms with Crippen molar-refractivity contribution in [2.45, 2.75) is 51.6 Å². The summed E-state index contributed by atoms with van der Waals surface area (Å²) in [5.74, 6) is 1.59. The first-order valence-electron chi connectivity index (χ1n) is 15.5. The number of nitrogens with one attached hydrogen (secondary N) is 2. The quantitative estimate of drug-likeness (QED) is 0.259. The van der Waals surface area contributed by atoms with E-state index in [1.165, 1.54) is 0 Å². The topological polar surface area (TPSA) is 152 Å². The lowest BCUT2D eigenvalue weighted by molar-refractivity contribution is -0.119. The Morgan fingerprint density at radius 1 is 1.18 bits per heavy atom. The summed E-state index contributed by atoms with van der Waals surface area (Å²) < 4.78 is 16.0. The minimum absolute atomic E-state index is 0.0482. The van der Waals surface area contributed by atoms with Gasteiger partial charge >= 0.3 is 6.09 Å². The number of hydrogen-bond acceptors (Lipinski definition) is 7. The number of nitrogens with zero attached hydrogens (tertiary/aromatic N) is 5. The molecule has 3 N–H and O–H groups in total. The van der Waals surface area contributed by atoms with Crippen molar-refractivity contribution in [1.82, 2.24) is 34.7 Å². The van der Waals surface area contributed by atoms with Gasteiger partial charge in [0.05, 0.1) is 25.0 Å². The maximum Gasteiger partial charge on any atom is 0.404 e. The van der Waals surface area contributed by atoms with Crippen molar-refractivity contribution in [3.63, 3.8) is 0 Å². The zero-order chi connectivity index (χ0) is 31.2. The number of amides is 3. The van der Waals surface area contributed by atoms with Crippen LogP contribution >= 0.6 is 0 Å². The summed E-state index contributed by atoms with van der Waals surface area (Å²) in [6.07, 6.45) is 6.56. The largest absolute Gasteiger partial charge is 0.494 e. The van der Waals surface area contributed by atoms with E-state index in [0.717, 1.165) is 52.8 Å². The van der Waals surface area contributed by atoms with Gasteiger partial charge in [-0.05, 0) is 56.7 Å². The van der Waals surface area contributed by atoms with Crippen molar-refractivity contribution < 1.29 is 29.0 Å². The smallest absolute Gasteiger partial charge is 0.404 e. The number of pyridine rings is 2. The molecule has 45 heavy (non-hydrogen) atoms. The first-order chi connectivity index (χ1) is 21.8. The van der Waals surface area contributed by atoms with Crippen LogP contribution in [0.2, 0.25) is 0 Å². The molecule has 0 spiro atoms. The summed E-state index contributed by atoms with van der Waals surface area (Å²) >= 11 is 0. The molecule has 1 saturated carbocycles. The van der Waals surface area contributed by atoms with Crippen molar-refractivity contribution in [2.24, 2.45) is 11.8 Å². The number of aryl methyl sites for hydroxylation is 1. The molecule has 2 aliphatic heterocycles. The first-order valence-corrected chi connectivity index (χ1v) is 15.5. The normalized spacial score (nSPS) is 20.0. The highest BCUT2D eigenvalue weighted by atomic mass is 16.5. The van der Waals surface area contributed by atoms with Crippen LogP contribution in [0.5, 0.6) is 11.6 Å². The highest BCUT2D eigenvalue weighted by molar-refractivity contribution is 5.96. The number of hydrogen-bond donors (Lipinski definition) is 3. The van der Waals surface area contributed by atoms with Gasteiger partial charge in [-0.25, -0.2) is 14.3 Å². The molecule has 13 nitrogen and oxygen atoms in total. The van der Waals surface area contributed by atoms with Crippen molar-refractivity contribution in [2.75, 3.05) is 33.4 Å². The van der Waals surface area contributed by atoms with E-state index in [4.69, 9.17) is 19.7 Å². The zero-order valence-corrected chi connectivity index (χ0v) is 25.4. The molecule has 2 saturated heterocycles. The lowest BCUT2D eigenvalue weighted by atomic mass is 10.0. The minimum Gasteiger partial charge on any atom is -0.494 e. The van der Waals surface area contributed by atoms with Crippen LogP contribution in [0.1, 0.15) is 48.0 Å². The van der Waals surface area contributed by atoms with E-state index < -0.39 is 6.09 Å². The first kappa shape index (κ1) is 28.9. The Balaban J connectivity index is 1.26. The number of carbonyl (C=O) groups is 3. The maximum atomic E-state index is 13.6. The van der Waals surface area contributed by atoms with Gasteiger partial charge in [0, 0.05) is 67.9 Å². The van der Waals surface area contributed by atoms with Crippen molar-refractivity contribution in [3.8, 4) is 23.0 Å². The van der Waals surface area contributed by atoms with E-state index in [2.05, 4.69) is 26.3 Å². The van der Waals surface area contributed by atoms with E-state index in [1.807, 2.05) is 13.0 Å². The summed E-state index contributed by atoms with van der Waals surface area (Å²) in [4.78, 5) is 42.8. The predicted octanol–water partition coefficient (Wildman–Crippen LogP) is 3.47. The third-order valence-electron chi connectivity index (χ3n) is 9.10. The maximum absolute atomic E-state index is 13.6. The summed E-state index contributed by atoms with van der Waals surface area (Å²) in [6, 6.07) is 5.52. The van der Waals surface area contributed by atoms with Gasteiger partial charge in [-0.1, -0.05) is 0 Å². The number of rotatable bonds is 9. The second kappa shape index (κ2) is 11.6. The molecule has 13 heteroatoms. The Hall–Kier alpha value is -4.81. The van der Waals surface area contributed by atoms with Crippen LogP contribution < -0.4 is 20.1 Å². The third kappa shape index (κ3) is 5.62. The third-order valence-corrected chi connectivity index (χ3v) is 9.10. The van der Waals surface area contributed by atoms with Gasteiger partial charge in [0.15, 0.2) is 0 Å². The molecule has 2 atom stereocenters. The fourth-order valence-electron chi connectivity index (χ4n) is 6.65. The molecule has 0 bridgehead atoms. The van der Waals surface area contributed by atoms with Crippen LogP contribution in [0.25, 0.3) is 27.8 Å². The van der Waals surface area contributed by atoms with Crippen LogP contribution in [0.4, 0.5) is 4.79 Å². The van der Waals surface area contributed by atoms with Gasteiger partial charge < -0.3 is 34.7 Å². The molecule has 3 aliphatic rings. The van der Waals surface area contributed by atoms with Gasteiger partial charge in [-0.2, -0.15) is 5.10 Å². The van der Waals surface area contributed by atoms with E-state index in [-0.39, 0.29) is 23.8 Å². The predicted molar refractivity (Wildman–Crippen MR) is 165 cm³/mol. The summed E-state index contributed by atoms with van der Waals surface area (Å²) in [5, 5.41) is 20.5. The molecule has 0 aromatic carbocycles. The molecule has 0 radical (unpaired) electrons. The van der Waals surface area contributed by atoms with Gasteiger partial charge in [-0.3, -0.25) is 9.59 Å². The van der Waals surface area contributed by atoms with E-state index in [0.29, 0.717) is 68.6 Å². The number of fused-ring (bicyclic) bond motifs is 2. The summed E-state index contributed by atoms with van der Waals surface area (Å²) in [7, 11) is 1.58. The van der Waals surface area contributed by atoms with Gasteiger partial charge in [-0.15, -0.1) is 0 Å². The van der Waals surface area contributed by atoms with Gasteiger partial charge in [0.1, 0.15) is 22.5 Å². The molecule has 4 aromatic rings. The van der Waals surface area contributed by atoms with Crippen LogP contribution in [0.15, 0.2) is 30.6 Å². The van der Waals surface area contributed by atoms with Crippen LogP contribution in [0.3, 0.4) is 0 Å². The van der Waals surface area contributed by atoms with Crippen LogP contribution in [-0.4, -0.2) is 86.5 Å². The molecular formula is C32H37N7O6. The SMILES string of the molecule is COc1cc(C(=O)N2CCC[C@@H](NC(=O)O)C2)cn2nc(-c3cc4ccnc(OCC5CNC(=O)C5)c4n3CC3CC3)c(C)c12. The van der Waals surface area contributed by atoms with E-state index in [9.17, 15) is 14.4 Å². The number of piperidine rings is 1. The lowest BCUT2D eigenvalue weighted by Gasteiger charge is -2.32. The summed E-state index contributed by atoms with van der Waals surface area (Å²) in [6.45, 7) is 4.68. The number of aromatic nitrogens is 4. The zero-order valence-electron chi connectivity index (χ0n) is 25.4. The molecular weight excluding hydrogens is 578 g/mol. The molecule has 3 fully saturated rings. The van der Waals surface area contributed by atoms with Gasteiger partial charge in [0.25, 0.3) is 5.91 Å². The highest BCUT2D eigenvalue weighted by Gasteiger charge is 2.30. The average molecular weight is 616 g/mol. The monoisotopic (exact) mass is 615 g/mol. The molecule has 1 aliphatic carbocycles. The number of methoxy groups -OCH3 is 1. The Morgan fingerprint density at radius 2 is 2.02 bits per heavy atom. The minimum atomic E-state index is -1.09. The average Bonchev–Trinajstić information content (AvgIpc) is 3.49.